The quantitative estimate of drug-likeness (QED) is 0.497. The molecule has 0 aliphatic carbocycles. The highest BCUT2D eigenvalue weighted by atomic mass is 32.2. The molecule has 1 aromatic heterocycles. The molecule has 3 atom stereocenters. The first kappa shape index (κ1) is 28.1. The number of fused-ring (bicyclic) bond motifs is 2. The number of nitrogens with one attached hydrogen (secondary N) is 1. The van der Waals surface area contributed by atoms with Gasteiger partial charge in [-0.1, -0.05) is 35.5 Å². The zero-order valence-electron chi connectivity index (χ0n) is 22.7. The number of likely N-dealkylation sites (tertiary alicyclic amines) is 1. The molecule has 1 aromatic carbocycles. The summed E-state index contributed by atoms with van der Waals surface area (Å²) in [7, 11) is -3.51. The van der Waals surface area contributed by atoms with E-state index >= 15 is 0 Å². The van der Waals surface area contributed by atoms with Gasteiger partial charge in [0.1, 0.15) is 6.61 Å². The molecule has 4 fully saturated rings. The number of aromatic nitrogens is 1. The summed E-state index contributed by atoms with van der Waals surface area (Å²) in [5, 5.41) is 6.66. The summed E-state index contributed by atoms with van der Waals surface area (Å²) < 4.78 is 58.6. The van der Waals surface area contributed by atoms with E-state index in [0.29, 0.717) is 38.8 Å². The maximum Gasteiger partial charge on any atom is 0.410 e. The first-order valence-electron chi connectivity index (χ1n) is 14.2. The molecule has 2 bridgehead atoms. The Bertz CT molecular complexity index is 1340. The highest BCUT2D eigenvalue weighted by Gasteiger charge is 2.48. The second kappa shape index (κ2) is 11.3. The number of ether oxygens (including phenoxy) is 2. The Hall–Kier alpha value is -3.03. The average molecular weight is 591 g/mol. The fraction of sp³-hybridized carbons (Fsp3) is 0.607. The normalized spacial score (nSPS) is 26.4. The first-order valence-corrected chi connectivity index (χ1v) is 15.8. The molecule has 2 aromatic rings. The largest absolute Gasteiger partial charge is 0.445 e. The molecule has 1 N–H and O–H groups in total. The van der Waals surface area contributed by atoms with Crippen LogP contribution in [-0.2, 0) is 31.8 Å². The van der Waals surface area contributed by atoms with E-state index < -0.39 is 21.6 Å². The van der Waals surface area contributed by atoms with Crippen molar-refractivity contribution < 1.29 is 36.4 Å². The number of alkyl halides is 1. The molecule has 4 aliphatic rings. The monoisotopic (exact) mass is 590 g/mol. The van der Waals surface area contributed by atoms with E-state index in [2.05, 4.69) is 10.5 Å². The molecular weight excluding hydrogens is 555 g/mol. The van der Waals surface area contributed by atoms with Crippen LogP contribution in [0.25, 0.3) is 0 Å². The van der Waals surface area contributed by atoms with Gasteiger partial charge in [-0.05, 0) is 50.0 Å². The molecular formula is C28H35FN4O7S. The van der Waals surface area contributed by atoms with E-state index in [4.69, 9.17) is 14.0 Å². The number of amides is 2. The summed E-state index contributed by atoms with van der Waals surface area (Å²) >= 11 is 0. The van der Waals surface area contributed by atoms with Gasteiger partial charge in [-0.2, -0.15) is 4.31 Å². The summed E-state index contributed by atoms with van der Waals surface area (Å²) in [6.45, 7) is 0.893. The van der Waals surface area contributed by atoms with Crippen LogP contribution in [0.2, 0.25) is 0 Å². The van der Waals surface area contributed by atoms with Gasteiger partial charge in [0.2, 0.25) is 15.7 Å². The minimum Gasteiger partial charge on any atom is -0.445 e. The Morgan fingerprint density at radius 2 is 1.76 bits per heavy atom. The number of rotatable bonds is 8. The fourth-order valence-corrected chi connectivity index (χ4v) is 8.85. The SMILES string of the molecule is O=C(NC1C[C@H]2CC[C@@H](C1)N2S(=O)(=O)CC1CCN(C(=O)OCc2ccccc2)CC1)c1cc(C2(F)COC2)on1. The number of benzene rings is 1. The van der Waals surface area contributed by atoms with Crippen LogP contribution in [0, 0.1) is 5.92 Å². The zero-order chi connectivity index (χ0) is 28.6. The first-order chi connectivity index (χ1) is 19.7. The molecule has 11 nitrogen and oxygen atoms in total. The third kappa shape index (κ3) is 5.98. The van der Waals surface area contributed by atoms with Gasteiger partial charge in [-0.15, -0.1) is 0 Å². The Labute approximate surface area is 238 Å². The number of sulfonamides is 1. The van der Waals surface area contributed by atoms with Gasteiger partial charge in [0.05, 0.1) is 19.0 Å². The van der Waals surface area contributed by atoms with Crippen molar-refractivity contribution in [2.45, 2.75) is 68.9 Å². The molecule has 41 heavy (non-hydrogen) atoms. The van der Waals surface area contributed by atoms with Crippen LogP contribution in [0.5, 0.6) is 0 Å². The summed E-state index contributed by atoms with van der Waals surface area (Å²) in [6, 6.07) is 10.2. The average Bonchev–Trinajstić information content (AvgIpc) is 3.55. The zero-order valence-corrected chi connectivity index (χ0v) is 23.6. The molecule has 13 heteroatoms. The van der Waals surface area contributed by atoms with Crippen molar-refractivity contribution in [3.63, 3.8) is 0 Å². The Morgan fingerprint density at radius 3 is 2.39 bits per heavy atom. The fourth-order valence-electron chi connectivity index (χ4n) is 6.46. The molecule has 5 heterocycles. The molecule has 4 saturated heterocycles. The lowest BCUT2D eigenvalue weighted by Gasteiger charge is -2.39. The van der Waals surface area contributed by atoms with Crippen molar-refractivity contribution >= 4 is 22.0 Å². The predicted octanol–water partition coefficient (Wildman–Crippen LogP) is 2.97. The Balaban J connectivity index is 0.980. The second-order valence-corrected chi connectivity index (χ2v) is 13.6. The Kier molecular flexibility index (Phi) is 7.77. The standard InChI is InChI=1S/C28H35FN4O7S/c29-28(17-38-18-28)25-14-24(31-40-25)26(34)30-21-12-22-6-7-23(13-21)33(22)41(36,37)16-20-8-10-32(11-9-20)27(35)39-15-19-4-2-1-3-5-19/h1-5,14,20-23H,6-13,15-18H2,(H,30,34)/t21?,22-,23+. The predicted molar refractivity (Wildman–Crippen MR) is 144 cm³/mol. The maximum atomic E-state index is 14.5. The lowest BCUT2D eigenvalue weighted by atomic mass is 9.99. The van der Waals surface area contributed by atoms with Crippen LogP contribution in [0.4, 0.5) is 9.18 Å². The Morgan fingerprint density at radius 1 is 1.07 bits per heavy atom. The van der Waals surface area contributed by atoms with E-state index in [1.807, 2.05) is 30.3 Å². The van der Waals surface area contributed by atoms with Crippen LogP contribution in [0.3, 0.4) is 0 Å². The van der Waals surface area contributed by atoms with Gasteiger partial charge >= 0.3 is 6.09 Å². The van der Waals surface area contributed by atoms with Gasteiger partial charge in [0, 0.05) is 37.3 Å². The summed E-state index contributed by atoms with van der Waals surface area (Å²) in [4.78, 5) is 26.9. The topological polar surface area (TPSA) is 131 Å². The molecule has 0 spiro atoms. The van der Waals surface area contributed by atoms with Gasteiger partial charge in [-0.25, -0.2) is 17.6 Å². The van der Waals surface area contributed by atoms with Gasteiger partial charge in [0.25, 0.3) is 5.91 Å². The van der Waals surface area contributed by atoms with Crippen molar-refractivity contribution in [3.05, 3.63) is 53.4 Å². The van der Waals surface area contributed by atoms with Crippen molar-refractivity contribution in [2.24, 2.45) is 5.92 Å². The number of halogens is 1. The third-order valence-electron chi connectivity index (χ3n) is 8.69. The second-order valence-electron chi connectivity index (χ2n) is 11.6. The van der Waals surface area contributed by atoms with E-state index in [0.717, 1.165) is 18.4 Å². The number of hydrogen-bond donors (Lipinski definition) is 1. The van der Waals surface area contributed by atoms with E-state index in [9.17, 15) is 22.4 Å². The van der Waals surface area contributed by atoms with Crippen LogP contribution < -0.4 is 5.32 Å². The van der Waals surface area contributed by atoms with Crippen LogP contribution in [0.1, 0.15) is 60.3 Å². The molecule has 222 valence electrons. The van der Waals surface area contributed by atoms with Crippen molar-refractivity contribution in [3.8, 4) is 0 Å². The molecule has 1 unspecified atom stereocenters. The number of hydrogen-bond acceptors (Lipinski definition) is 8. The van der Waals surface area contributed by atoms with E-state index in [-0.39, 0.29) is 67.2 Å². The number of nitrogens with zero attached hydrogens (tertiary/aromatic N) is 3. The van der Waals surface area contributed by atoms with Gasteiger partial charge < -0.3 is 24.2 Å². The highest BCUT2D eigenvalue weighted by Crippen LogP contribution is 2.39. The van der Waals surface area contributed by atoms with E-state index in [1.54, 1.807) is 9.21 Å². The van der Waals surface area contributed by atoms with Crippen molar-refractivity contribution in [1.29, 1.82) is 0 Å². The summed E-state index contributed by atoms with van der Waals surface area (Å²) in [6.07, 6.45) is 3.36. The lowest BCUT2D eigenvalue weighted by molar-refractivity contribution is -0.147. The molecule has 4 aliphatic heterocycles. The maximum absolute atomic E-state index is 14.5. The van der Waals surface area contributed by atoms with Crippen molar-refractivity contribution in [2.75, 3.05) is 32.1 Å². The lowest BCUT2D eigenvalue weighted by Crippen LogP contribution is -2.53. The minimum absolute atomic E-state index is 0.00149. The molecule has 0 radical (unpaired) electrons. The molecule has 2 amide bonds. The third-order valence-corrected chi connectivity index (χ3v) is 10.8. The smallest absolute Gasteiger partial charge is 0.410 e. The van der Waals surface area contributed by atoms with Crippen LogP contribution in [-0.4, -0.2) is 85.0 Å². The minimum atomic E-state index is -3.51. The van der Waals surface area contributed by atoms with Crippen LogP contribution >= 0.6 is 0 Å². The van der Waals surface area contributed by atoms with Gasteiger partial charge in [-0.3, -0.25) is 4.79 Å². The highest BCUT2D eigenvalue weighted by molar-refractivity contribution is 7.89. The molecule has 6 rings (SSSR count). The van der Waals surface area contributed by atoms with Crippen LogP contribution in [0.15, 0.2) is 40.9 Å². The summed E-state index contributed by atoms with van der Waals surface area (Å²) in [5.74, 6) is -0.458. The van der Waals surface area contributed by atoms with Crippen molar-refractivity contribution in [1.82, 2.24) is 19.7 Å². The van der Waals surface area contributed by atoms with Gasteiger partial charge in [0.15, 0.2) is 11.5 Å². The number of carbonyl (C=O) groups excluding carboxylic acids is 2. The number of carbonyl (C=O) groups is 2. The molecule has 0 saturated carbocycles. The summed E-state index contributed by atoms with van der Waals surface area (Å²) in [5.41, 5.74) is -0.824. The number of piperidine rings is 2. The van der Waals surface area contributed by atoms with E-state index in [1.165, 1.54) is 6.07 Å².